The van der Waals surface area contributed by atoms with E-state index in [4.69, 9.17) is 0 Å². The van der Waals surface area contributed by atoms with Gasteiger partial charge in [-0.3, -0.25) is 0 Å². The Bertz CT molecular complexity index is 851. The Kier molecular flexibility index (Phi) is 4.64. The van der Waals surface area contributed by atoms with Crippen LogP contribution >= 0.6 is 0 Å². The first-order valence-electron chi connectivity index (χ1n) is 5.75. The fourth-order valence-corrected chi connectivity index (χ4v) is 1.60. The molecule has 0 N–H and O–H groups in total. The second-order valence-corrected chi connectivity index (χ2v) is 4.23. The van der Waals surface area contributed by atoms with Gasteiger partial charge in [0.1, 0.15) is 5.56 Å². The predicted molar refractivity (Wildman–Crippen MR) is 57.4 cm³/mol. The van der Waals surface area contributed by atoms with Gasteiger partial charge in [-0.15, -0.1) is 0 Å². The van der Waals surface area contributed by atoms with Crippen LogP contribution in [0.3, 0.4) is 0 Å². The summed E-state index contributed by atoms with van der Waals surface area (Å²) in [4.78, 5) is 11.5. The van der Waals surface area contributed by atoms with Crippen molar-refractivity contribution >= 4 is 5.97 Å². The van der Waals surface area contributed by atoms with Gasteiger partial charge in [0.05, 0.1) is 0 Å². The predicted octanol–water partition coefficient (Wildman–Crippen LogP) is 4.30. The zero-order chi connectivity index (χ0) is 19.2. The molecule has 0 aliphatic heterocycles. The Balaban J connectivity index is 2.61. The Hall–Kier alpha value is -2.79. The summed E-state index contributed by atoms with van der Waals surface area (Å²) >= 11 is 0. The highest BCUT2D eigenvalue weighted by Gasteiger charge is 2.34. The molecule has 0 saturated heterocycles. The summed E-state index contributed by atoms with van der Waals surface area (Å²) in [5.74, 6) is -31.3. The molecule has 134 valence electrons. The summed E-state index contributed by atoms with van der Waals surface area (Å²) in [6, 6.07) is 0. The van der Waals surface area contributed by atoms with Crippen molar-refractivity contribution in [1.82, 2.24) is 0 Å². The van der Waals surface area contributed by atoms with Gasteiger partial charge < -0.3 is 4.74 Å². The molecular weight excluding hydrogens is 378 g/mol. The summed E-state index contributed by atoms with van der Waals surface area (Å²) in [7, 11) is 0. The molecule has 0 saturated carbocycles. The third-order valence-electron chi connectivity index (χ3n) is 2.78. The van der Waals surface area contributed by atoms with E-state index in [1.807, 2.05) is 0 Å². The molecule has 0 bridgehead atoms. The maximum Gasteiger partial charge on any atom is 0.349 e. The molecular formula is C13F10O2. The smallest absolute Gasteiger partial charge is 0.349 e. The number of benzene rings is 2. The molecule has 0 atom stereocenters. The molecule has 0 amide bonds. The van der Waals surface area contributed by atoms with Crippen LogP contribution in [0.2, 0.25) is 0 Å². The molecule has 0 heterocycles. The lowest BCUT2D eigenvalue weighted by Crippen LogP contribution is -2.19. The van der Waals surface area contributed by atoms with Crippen molar-refractivity contribution in [3.05, 3.63) is 63.7 Å². The van der Waals surface area contributed by atoms with E-state index in [2.05, 4.69) is 4.74 Å². The van der Waals surface area contributed by atoms with Crippen molar-refractivity contribution in [2.24, 2.45) is 0 Å². The van der Waals surface area contributed by atoms with E-state index in [1.165, 1.54) is 0 Å². The molecule has 25 heavy (non-hydrogen) atoms. The molecule has 0 radical (unpaired) electrons. The van der Waals surface area contributed by atoms with Gasteiger partial charge in [-0.2, -0.15) is 8.78 Å². The number of hydrogen-bond donors (Lipinski definition) is 0. The van der Waals surface area contributed by atoms with Crippen molar-refractivity contribution in [3.8, 4) is 5.75 Å². The second kappa shape index (κ2) is 6.26. The van der Waals surface area contributed by atoms with Gasteiger partial charge in [0, 0.05) is 0 Å². The van der Waals surface area contributed by atoms with E-state index >= 15 is 0 Å². The van der Waals surface area contributed by atoms with Crippen LogP contribution in [-0.4, -0.2) is 5.97 Å². The largest absolute Gasteiger partial charge is 0.416 e. The minimum atomic E-state index is -2.68. The van der Waals surface area contributed by atoms with Gasteiger partial charge >= 0.3 is 5.97 Å². The van der Waals surface area contributed by atoms with Gasteiger partial charge in [0.25, 0.3) is 0 Å². The molecule has 2 rings (SSSR count). The average molecular weight is 378 g/mol. The van der Waals surface area contributed by atoms with E-state index in [-0.39, 0.29) is 0 Å². The number of hydrogen-bond acceptors (Lipinski definition) is 2. The van der Waals surface area contributed by atoms with Crippen molar-refractivity contribution < 1.29 is 53.4 Å². The SMILES string of the molecule is O=C(Oc1c(F)c(F)c(F)c(F)c1F)c1c(F)c(F)c(F)c(F)c1F. The Labute approximate surface area is 130 Å². The highest BCUT2D eigenvalue weighted by molar-refractivity contribution is 5.91. The Morgan fingerprint density at radius 2 is 0.760 bits per heavy atom. The Morgan fingerprint density at radius 1 is 0.480 bits per heavy atom. The molecule has 2 nitrogen and oxygen atoms in total. The van der Waals surface area contributed by atoms with Gasteiger partial charge in [-0.25, -0.2) is 39.9 Å². The Morgan fingerprint density at radius 3 is 1.12 bits per heavy atom. The minimum Gasteiger partial charge on any atom is -0.416 e. The summed E-state index contributed by atoms with van der Waals surface area (Å²) in [5, 5.41) is 0. The van der Waals surface area contributed by atoms with Crippen molar-refractivity contribution in [1.29, 1.82) is 0 Å². The summed E-state index contributed by atoms with van der Waals surface area (Å²) < 4.78 is 134. The highest BCUT2D eigenvalue weighted by atomic mass is 19.2. The van der Waals surface area contributed by atoms with Crippen molar-refractivity contribution in [2.45, 2.75) is 0 Å². The third-order valence-corrected chi connectivity index (χ3v) is 2.78. The molecule has 0 aliphatic carbocycles. The highest BCUT2D eigenvalue weighted by Crippen LogP contribution is 2.31. The molecule has 0 aromatic heterocycles. The monoisotopic (exact) mass is 378 g/mol. The molecule has 2 aromatic rings. The average Bonchev–Trinajstić information content (AvgIpc) is 2.58. The van der Waals surface area contributed by atoms with Gasteiger partial charge in [-0.05, 0) is 0 Å². The van der Waals surface area contributed by atoms with Crippen LogP contribution in [0, 0.1) is 58.2 Å². The third kappa shape index (κ3) is 2.76. The lowest BCUT2D eigenvalue weighted by Gasteiger charge is -2.10. The fraction of sp³-hybridized carbons (Fsp3) is 0. The van der Waals surface area contributed by atoms with Crippen LogP contribution in [0.5, 0.6) is 5.75 Å². The maximum atomic E-state index is 13.4. The van der Waals surface area contributed by atoms with Gasteiger partial charge in [0.2, 0.25) is 40.7 Å². The van der Waals surface area contributed by atoms with Gasteiger partial charge in [-0.1, -0.05) is 0 Å². The maximum absolute atomic E-state index is 13.4. The summed E-state index contributed by atoms with van der Waals surface area (Å²) in [5.41, 5.74) is -2.29. The number of carbonyl (C=O) groups excluding carboxylic acids is 1. The van der Waals surface area contributed by atoms with Crippen molar-refractivity contribution in [2.75, 3.05) is 0 Å². The van der Waals surface area contributed by atoms with E-state index < -0.39 is 75.5 Å². The number of ether oxygens (including phenoxy) is 1. The molecule has 2 aromatic carbocycles. The minimum absolute atomic E-state index is 2.29. The van der Waals surface area contributed by atoms with Crippen LogP contribution in [0.15, 0.2) is 0 Å². The first-order valence-corrected chi connectivity index (χ1v) is 5.75. The van der Waals surface area contributed by atoms with E-state index in [1.54, 1.807) is 0 Å². The second-order valence-electron chi connectivity index (χ2n) is 4.23. The number of esters is 1. The van der Waals surface area contributed by atoms with E-state index in [0.29, 0.717) is 0 Å². The number of rotatable bonds is 2. The van der Waals surface area contributed by atoms with Gasteiger partial charge in [0.15, 0.2) is 23.3 Å². The lowest BCUT2D eigenvalue weighted by atomic mass is 10.1. The van der Waals surface area contributed by atoms with Crippen LogP contribution in [-0.2, 0) is 0 Å². The molecule has 0 aliphatic rings. The van der Waals surface area contributed by atoms with Crippen molar-refractivity contribution in [3.63, 3.8) is 0 Å². The van der Waals surface area contributed by atoms with E-state index in [0.717, 1.165) is 0 Å². The first kappa shape index (κ1) is 18.5. The molecule has 0 unspecified atom stereocenters. The zero-order valence-electron chi connectivity index (χ0n) is 11.1. The quantitative estimate of drug-likeness (QED) is 0.256. The van der Waals surface area contributed by atoms with Crippen LogP contribution in [0.4, 0.5) is 43.9 Å². The molecule has 0 fully saturated rings. The van der Waals surface area contributed by atoms with Crippen LogP contribution < -0.4 is 4.74 Å². The zero-order valence-corrected chi connectivity index (χ0v) is 11.1. The van der Waals surface area contributed by atoms with E-state index in [9.17, 15) is 48.7 Å². The van der Waals surface area contributed by atoms with Crippen LogP contribution in [0.1, 0.15) is 10.4 Å². The normalized spacial score (nSPS) is 11.0. The standard InChI is InChI=1S/C13F10O2/c14-2-1(3(15)5(17)6(18)4(2)16)13(24)25-12-10(22)8(20)7(19)9(21)11(12)23. The first-order chi connectivity index (χ1) is 11.5. The number of carbonyl (C=O) groups is 1. The topological polar surface area (TPSA) is 26.3 Å². The molecule has 0 spiro atoms. The molecule has 12 heteroatoms. The lowest BCUT2D eigenvalue weighted by molar-refractivity contribution is 0.0702. The number of halogens is 10. The fourth-order valence-electron chi connectivity index (χ4n) is 1.60. The summed E-state index contributed by atoms with van der Waals surface area (Å²) in [6.45, 7) is 0. The van der Waals surface area contributed by atoms with Crippen LogP contribution in [0.25, 0.3) is 0 Å². The summed E-state index contributed by atoms with van der Waals surface area (Å²) in [6.07, 6.45) is 0.